The Labute approximate surface area is 169 Å². The summed E-state index contributed by atoms with van der Waals surface area (Å²) in [6.45, 7) is 7.14. The van der Waals surface area contributed by atoms with E-state index in [2.05, 4.69) is 34.5 Å². The maximum Gasteiger partial charge on any atom is 0.191 e. The van der Waals surface area contributed by atoms with Crippen molar-refractivity contribution in [3.8, 4) is 5.75 Å². The molecule has 0 atom stereocenters. The lowest BCUT2D eigenvalue weighted by Gasteiger charge is -2.18. The van der Waals surface area contributed by atoms with Crippen molar-refractivity contribution in [3.63, 3.8) is 0 Å². The second-order valence-corrected chi connectivity index (χ2v) is 5.58. The van der Waals surface area contributed by atoms with Crippen LogP contribution in [0.2, 0.25) is 0 Å². The van der Waals surface area contributed by atoms with Crippen molar-refractivity contribution in [1.82, 2.24) is 15.5 Å². The molecular formula is C18H33IN4O2. The molecule has 0 aliphatic heterocycles. The Balaban J connectivity index is 0.00000576. The largest absolute Gasteiger partial charge is 0.496 e. The predicted octanol–water partition coefficient (Wildman–Crippen LogP) is 2.34. The number of aliphatic imine (C=N–C) groups is 1. The van der Waals surface area contributed by atoms with Gasteiger partial charge in [-0.2, -0.15) is 0 Å². The van der Waals surface area contributed by atoms with Crippen molar-refractivity contribution in [1.29, 1.82) is 0 Å². The van der Waals surface area contributed by atoms with Gasteiger partial charge in [0.05, 0.1) is 13.7 Å². The fourth-order valence-electron chi connectivity index (χ4n) is 2.30. The lowest BCUT2D eigenvalue weighted by atomic mass is 10.2. The van der Waals surface area contributed by atoms with Crippen molar-refractivity contribution in [3.05, 3.63) is 29.8 Å². The standard InChI is InChI=1S/C18H32N4O2.HI/c1-5-19-18(20-11-13-22(2)12-8-14-23-3)21-15-16-9-6-7-10-17(16)24-4;/h6-7,9-10H,5,8,11-15H2,1-4H3,(H2,19,20,21);1H. The number of hydrogen-bond donors (Lipinski definition) is 2. The SMILES string of the molecule is CCNC(=NCc1ccccc1OC)NCCN(C)CCCOC.I. The van der Waals surface area contributed by atoms with E-state index in [1.165, 1.54) is 0 Å². The number of ether oxygens (including phenoxy) is 2. The molecule has 25 heavy (non-hydrogen) atoms. The van der Waals surface area contributed by atoms with Gasteiger partial charge in [-0.05, 0) is 26.5 Å². The molecule has 144 valence electrons. The van der Waals surface area contributed by atoms with Gasteiger partial charge < -0.3 is 25.0 Å². The van der Waals surface area contributed by atoms with Crippen LogP contribution in [0.4, 0.5) is 0 Å². The molecule has 6 nitrogen and oxygen atoms in total. The Morgan fingerprint density at radius 1 is 1.16 bits per heavy atom. The van der Waals surface area contributed by atoms with E-state index in [0.29, 0.717) is 6.54 Å². The smallest absolute Gasteiger partial charge is 0.191 e. The molecule has 0 aliphatic carbocycles. The van der Waals surface area contributed by atoms with Crippen LogP contribution in [0.5, 0.6) is 5.75 Å². The molecule has 0 heterocycles. The highest BCUT2D eigenvalue weighted by Gasteiger charge is 2.03. The molecule has 1 rings (SSSR count). The third kappa shape index (κ3) is 10.5. The maximum atomic E-state index is 5.37. The van der Waals surface area contributed by atoms with Crippen molar-refractivity contribution in [2.75, 3.05) is 54.1 Å². The molecule has 0 aliphatic rings. The third-order valence-corrected chi connectivity index (χ3v) is 3.62. The number of likely N-dealkylation sites (N-methyl/N-ethyl adjacent to an activating group) is 1. The van der Waals surface area contributed by atoms with Crippen LogP contribution in [0.25, 0.3) is 0 Å². The van der Waals surface area contributed by atoms with Gasteiger partial charge in [-0.3, -0.25) is 0 Å². The Morgan fingerprint density at radius 3 is 2.60 bits per heavy atom. The molecule has 2 N–H and O–H groups in total. The van der Waals surface area contributed by atoms with Gasteiger partial charge in [0.1, 0.15) is 5.75 Å². The molecular weight excluding hydrogens is 431 g/mol. The van der Waals surface area contributed by atoms with E-state index >= 15 is 0 Å². The average Bonchev–Trinajstić information content (AvgIpc) is 2.60. The summed E-state index contributed by atoms with van der Waals surface area (Å²) in [5.41, 5.74) is 1.08. The highest BCUT2D eigenvalue weighted by Crippen LogP contribution is 2.17. The van der Waals surface area contributed by atoms with Crippen LogP contribution in [0.15, 0.2) is 29.3 Å². The van der Waals surface area contributed by atoms with Crippen LogP contribution in [0.1, 0.15) is 18.9 Å². The van der Waals surface area contributed by atoms with Gasteiger partial charge in [0.25, 0.3) is 0 Å². The normalized spacial score (nSPS) is 11.2. The van der Waals surface area contributed by atoms with Gasteiger partial charge >= 0.3 is 0 Å². The van der Waals surface area contributed by atoms with Crippen LogP contribution in [-0.2, 0) is 11.3 Å². The molecule has 1 aromatic rings. The van der Waals surface area contributed by atoms with Crippen molar-refractivity contribution in [2.45, 2.75) is 19.9 Å². The number of para-hydroxylation sites is 1. The van der Waals surface area contributed by atoms with Gasteiger partial charge in [-0.15, -0.1) is 24.0 Å². The Hall–Kier alpha value is -1.06. The summed E-state index contributed by atoms with van der Waals surface area (Å²) in [6, 6.07) is 7.97. The lowest BCUT2D eigenvalue weighted by molar-refractivity contribution is 0.180. The molecule has 0 amide bonds. The van der Waals surface area contributed by atoms with Gasteiger partial charge in [0.2, 0.25) is 0 Å². The molecule has 0 unspecified atom stereocenters. The third-order valence-electron chi connectivity index (χ3n) is 3.62. The Bertz CT molecular complexity index is 486. The number of nitrogens with zero attached hydrogens (tertiary/aromatic N) is 2. The number of methoxy groups -OCH3 is 2. The van der Waals surface area contributed by atoms with Crippen molar-refractivity contribution < 1.29 is 9.47 Å². The molecule has 0 radical (unpaired) electrons. The fraction of sp³-hybridized carbons (Fsp3) is 0.611. The first-order valence-electron chi connectivity index (χ1n) is 8.52. The predicted molar refractivity (Wildman–Crippen MR) is 115 cm³/mol. The highest BCUT2D eigenvalue weighted by atomic mass is 127. The first kappa shape index (κ1) is 23.9. The van der Waals surface area contributed by atoms with E-state index in [1.807, 2.05) is 24.3 Å². The first-order valence-corrected chi connectivity index (χ1v) is 8.52. The molecule has 0 saturated heterocycles. The summed E-state index contributed by atoms with van der Waals surface area (Å²) in [4.78, 5) is 6.93. The first-order chi connectivity index (χ1) is 11.7. The average molecular weight is 464 g/mol. The molecule has 7 heteroatoms. The summed E-state index contributed by atoms with van der Waals surface area (Å²) < 4.78 is 10.4. The minimum absolute atomic E-state index is 0. The van der Waals surface area contributed by atoms with E-state index < -0.39 is 0 Å². The van der Waals surface area contributed by atoms with Crippen LogP contribution in [0.3, 0.4) is 0 Å². The van der Waals surface area contributed by atoms with Crippen molar-refractivity contribution >= 4 is 29.9 Å². The quantitative estimate of drug-likeness (QED) is 0.228. The molecule has 0 spiro atoms. The van der Waals surface area contributed by atoms with E-state index in [9.17, 15) is 0 Å². The topological polar surface area (TPSA) is 58.1 Å². The Kier molecular flexibility index (Phi) is 14.6. The van der Waals surface area contributed by atoms with E-state index in [4.69, 9.17) is 9.47 Å². The Morgan fingerprint density at radius 2 is 1.92 bits per heavy atom. The maximum absolute atomic E-state index is 5.37. The van der Waals surface area contributed by atoms with Crippen LogP contribution >= 0.6 is 24.0 Å². The van der Waals surface area contributed by atoms with Gasteiger partial charge in [0.15, 0.2) is 5.96 Å². The summed E-state index contributed by atoms with van der Waals surface area (Å²) in [5.74, 6) is 1.70. The number of nitrogens with one attached hydrogen (secondary N) is 2. The number of halogens is 1. The van der Waals surface area contributed by atoms with E-state index in [0.717, 1.165) is 56.5 Å². The van der Waals surface area contributed by atoms with Crippen molar-refractivity contribution in [2.24, 2.45) is 4.99 Å². The molecule has 0 saturated carbocycles. The molecule has 0 aromatic heterocycles. The monoisotopic (exact) mass is 464 g/mol. The summed E-state index contributed by atoms with van der Waals surface area (Å²) in [6.07, 6.45) is 1.05. The second-order valence-electron chi connectivity index (χ2n) is 5.58. The van der Waals surface area contributed by atoms with Gasteiger partial charge in [-0.1, -0.05) is 18.2 Å². The zero-order valence-corrected chi connectivity index (χ0v) is 18.2. The van der Waals surface area contributed by atoms with Crippen LogP contribution < -0.4 is 15.4 Å². The summed E-state index contributed by atoms with van der Waals surface area (Å²) >= 11 is 0. The number of hydrogen-bond acceptors (Lipinski definition) is 4. The summed E-state index contributed by atoms with van der Waals surface area (Å²) in [5, 5.41) is 6.65. The molecule has 0 fully saturated rings. The zero-order valence-electron chi connectivity index (χ0n) is 15.9. The lowest BCUT2D eigenvalue weighted by Crippen LogP contribution is -2.41. The van der Waals surface area contributed by atoms with E-state index in [-0.39, 0.29) is 24.0 Å². The molecule has 1 aromatic carbocycles. The summed E-state index contributed by atoms with van der Waals surface area (Å²) in [7, 11) is 5.55. The number of benzene rings is 1. The molecule has 0 bridgehead atoms. The zero-order chi connectivity index (χ0) is 17.6. The number of rotatable bonds is 11. The van der Waals surface area contributed by atoms with E-state index in [1.54, 1.807) is 14.2 Å². The van der Waals surface area contributed by atoms with Crippen LogP contribution in [-0.4, -0.2) is 64.9 Å². The van der Waals surface area contributed by atoms with Gasteiger partial charge in [-0.25, -0.2) is 4.99 Å². The fourth-order valence-corrected chi connectivity index (χ4v) is 2.30. The number of guanidine groups is 1. The highest BCUT2D eigenvalue weighted by molar-refractivity contribution is 14.0. The minimum Gasteiger partial charge on any atom is -0.496 e. The van der Waals surface area contributed by atoms with Crippen LogP contribution in [0, 0.1) is 0 Å². The minimum atomic E-state index is 0. The van der Waals surface area contributed by atoms with Gasteiger partial charge in [0, 0.05) is 45.5 Å². The second kappa shape index (κ2) is 15.2.